The number of nitrogens with zero attached hydrogens (tertiary/aromatic N) is 9. The summed E-state index contributed by atoms with van der Waals surface area (Å²) >= 11 is 0. The molecule has 26 heteroatoms. The first-order chi connectivity index (χ1) is 43.6. The molecule has 20 nitrogen and oxygen atoms in total. The van der Waals surface area contributed by atoms with Gasteiger partial charge in [0.05, 0.1) is 41.4 Å². The number of benzene rings is 4. The zero-order valence-corrected chi connectivity index (χ0v) is 52.8. The fourth-order valence-electron chi connectivity index (χ4n) is 11.0. The summed E-state index contributed by atoms with van der Waals surface area (Å²) in [5.41, 5.74) is 3.91. The van der Waals surface area contributed by atoms with Crippen molar-refractivity contribution in [2.24, 2.45) is 14.1 Å². The van der Waals surface area contributed by atoms with Gasteiger partial charge in [-0.05, 0) is 102 Å². The average Bonchev–Trinajstić information content (AvgIpc) is 1.61. The van der Waals surface area contributed by atoms with Crippen LogP contribution in [0, 0.1) is 0 Å². The summed E-state index contributed by atoms with van der Waals surface area (Å²) in [6.07, 6.45) is -9.12. The molecular formula is C66H78F6N10O10. The summed E-state index contributed by atoms with van der Waals surface area (Å²) in [5.74, 6) is 0.719. The highest BCUT2D eigenvalue weighted by atomic mass is 19.4. The maximum absolute atomic E-state index is 14.0. The van der Waals surface area contributed by atoms with E-state index in [0.29, 0.717) is 72.7 Å². The van der Waals surface area contributed by atoms with Crippen molar-refractivity contribution in [3.8, 4) is 34.5 Å². The number of amides is 4. The quantitative estimate of drug-likeness (QED) is 0.0483. The number of nitrogens with one attached hydrogen (secondary N) is 1. The first kappa shape index (κ1) is 67.7. The third-order valence-corrected chi connectivity index (χ3v) is 15.5. The van der Waals surface area contributed by atoms with Crippen LogP contribution in [0.1, 0.15) is 90.0 Å². The van der Waals surface area contributed by atoms with Gasteiger partial charge in [0.15, 0.2) is 0 Å². The minimum Gasteiger partial charge on any atom is -0.493 e. The third kappa shape index (κ3) is 17.9. The van der Waals surface area contributed by atoms with Gasteiger partial charge in [-0.1, -0.05) is 60.7 Å². The van der Waals surface area contributed by atoms with Crippen LogP contribution in [0.3, 0.4) is 0 Å². The summed E-state index contributed by atoms with van der Waals surface area (Å²) in [7, 11) is 3.58. The Hall–Kier alpha value is -8.65. The lowest BCUT2D eigenvalue weighted by molar-refractivity contribution is -0.196. The van der Waals surface area contributed by atoms with E-state index < -0.39 is 66.8 Å². The highest BCUT2D eigenvalue weighted by Crippen LogP contribution is 2.38. The Morgan fingerprint density at radius 1 is 0.587 bits per heavy atom. The summed E-state index contributed by atoms with van der Waals surface area (Å²) in [5, 5.41) is 13.3. The Morgan fingerprint density at radius 3 is 1.58 bits per heavy atom. The number of hydrogen-bond donors (Lipinski definition) is 1. The van der Waals surface area contributed by atoms with E-state index in [9.17, 15) is 45.5 Å². The maximum Gasteiger partial charge on any atom is 0.410 e. The van der Waals surface area contributed by atoms with Gasteiger partial charge in [0, 0.05) is 102 Å². The lowest BCUT2D eigenvalue weighted by atomic mass is 9.93. The van der Waals surface area contributed by atoms with Gasteiger partial charge in [0.25, 0.3) is 0 Å². The molecule has 0 bridgehead atoms. The maximum atomic E-state index is 14.0. The van der Waals surface area contributed by atoms with Crippen LogP contribution >= 0.6 is 0 Å². The molecule has 3 fully saturated rings. The lowest BCUT2D eigenvalue weighted by Crippen LogP contribution is -2.60. The molecule has 0 aliphatic carbocycles. The highest BCUT2D eigenvalue weighted by molar-refractivity contribution is 6.02. The molecule has 3 aromatic heterocycles. The fraction of sp³-hybridized carbons (Fsp3) is 0.470. The van der Waals surface area contributed by atoms with Crippen molar-refractivity contribution in [2.45, 2.75) is 122 Å². The summed E-state index contributed by atoms with van der Waals surface area (Å²) in [6.45, 7) is 11.0. The molecule has 92 heavy (non-hydrogen) atoms. The Labute approximate surface area is 529 Å². The first-order valence-electron chi connectivity index (χ1n) is 30.5. The summed E-state index contributed by atoms with van der Waals surface area (Å²) in [4.78, 5) is 58.3. The predicted octanol–water partition coefficient (Wildman–Crippen LogP) is 11.4. The Morgan fingerprint density at radius 2 is 1.08 bits per heavy atom. The van der Waals surface area contributed by atoms with Crippen LogP contribution in [0.5, 0.6) is 23.3 Å². The minimum absolute atomic E-state index is 0.0769. The second-order valence-electron chi connectivity index (χ2n) is 24.8. The number of alkyl halides is 6. The molecule has 494 valence electrons. The van der Waals surface area contributed by atoms with Gasteiger partial charge in [0.2, 0.25) is 23.6 Å². The number of halogens is 6. The van der Waals surface area contributed by atoms with Gasteiger partial charge in [-0.2, -0.15) is 41.5 Å². The normalized spacial score (nSPS) is 17.9. The number of aromatic nitrogens is 5. The van der Waals surface area contributed by atoms with Crippen molar-refractivity contribution in [3.05, 3.63) is 126 Å². The zero-order chi connectivity index (χ0) is 66.1. The van der Waals surface area contributed by atoms with Gasteiger partial charge in [-0.25, -0.2) is 9.59 Å². The predicted molar refractivity (Wildman–Crippen MR) is 330 cm³/mol. The number of carbonyl (C=O) groups is 4. The molecule has 3 saturated heterocycles. The van der Waals surface area contributed by atoms with E-state index in [-0.39, 0.29) is 70.7 Å². The van der Waals surface area contributed by atoms with E-state index >= 15 is 0 Å². The number of imide groups is 1. The minimum atomic E-state index is -4.50. The molecule has 0 spiro atoms. The molecule has 0 saturated carbocycles. The molecule has 10 rings (SSSR count). The molecule has 3 atom stereocenters. The van der Waals surface area contributed by atoms with Gasteiger partial charge in [-0.3, -0.25) is 34.1 Å². The zero-order valence-electron chi connectivity index (χ0n) is 52.8. The van der Waals surface area contributed by atoms with Crippen LogP contribution < -0.4 is 24.3 Å². The Kier molecular flexibility index (Phi) is 21.3. The second kappa shape index (κ2) is 28.9. The highest BCUT2D eigenvalue weighted by Gasteiger charge is 2.49. The van der Waals surface area contributed by atoms with E-state index in [0.717, 1.165) is 42.7 Å². The lowest BCUT2D eigenvalue weighted by Gasteiger charge is -2.42. The smallest absolute Gasteiger partial charge is 0.410 e. The van der Waals surface area contributed by atoms with Crippen LogP contribution in [0.4, 0.5) is 35.9 Å². The number of fused-ring (bicyclic) bond motifs is 2. The topological polar surface area (TPSA) is 197 Å². The summed E-state index contributed by atoms with van der Waals surface area (Å²) in [6, 6.07) is 30.7. The van der Waals surface area contributed by atoms with Crippen molar-refractivity contribution < 1.29 is 73.9 Å². The molecule has 7 aromatic rings. The SMILES string of the molecule is Cn1nc(-c2ccc(OCc3ccccc3)nc2OCc2ccccc2)c2ccc(OCCCN3CCN(C(=O)OC(C)(C)C)CC3C(F)(F)F)cc21.Cn1nc(C2CCC(=O)NC2=O)c2ccc(OCCCN3CCN(C(=O)OC(C)(C)C)CC3C(F)(F)F)cc21. The Balaban J connectivity index is 0.000000228. The molecule has 3 unspecified atom stereocenters. The average molecular weight is 1290 g/mol. The van der Waals surface area contributed by atoms with Crippen molar-refractivity contribution in [1.82, 2.24) is 49.5 Å². The van der Waals surface area contributed by atoms with Gasteiger partial charge >= 0.3 is 24.5 Å². The second-order valence-corrected chi connectivity index (χ2v) is 24.8. The molecule has 4 amide bonds. The van der Waals surface area contributed by atoms with Gasteiger partial charge in [-0.15, -0.1) is 0 Å². The number of piperazine rings is 2. The number of ether oxygens (including phenoxy) is 6. The van der Waals surface area contributed by atoms with Crippen LogP contribution in [0.2, 0.25) is 0 Å². The number of carbonyl (C=O) groups excluding carboxylic acids is 4. The van der Waals surface area contributed by atoms with Crippen molar-refractivity contribution in [1.29, 1.82) is 0 Å². The number of aryl methyl sites for hydroxylation is 2. The van der Waals surface area contributed by atoms with Gasteiger partial charge in [0.1, 0.15) is 53.7 Å². The van der Waals surface area contributed by atoms with Crippen LogP contribution in [0.25, 0.3) is 33.1 Å². The van der Waals surface area contributed by atoms with E-state index in [1.165, 1.54) is 9.80 Å². The van der Waals surface area contributed by atoms with E-state index in [1.54, 1.807) is 82.2 Å². The van der Waals surface area contributed by atoms with Crippen molar-refractivity contribution >= 4 is 45.8 Å². The molecule has 6 heterocycles. The first-order valence-corrected chi connectivity index (χ1v) is 30.5. The monoisotopic (exact) mass is 1280 g/mol. The number of pyridine rings is 1. The third-order valence-electron chi connectivity index (χ3n) is 15.5. The molecular weight excluding hydrogens is 1210 g/mol. The molecule has 1 N–H and O–H groups in total. The largest absolute Gasteiger partial charge is 0.493 e. The fourth-order valence-corrected chi connectivity index (χ4v) is 11.0. The van der Waals surface area contributed by atoms with E-state index in [2.05, 4.69) is 10.4 Å². The number of piperidine rings is 1. The van der Waals surface area contributed by atoms with Crippen LogP contribution in [-0.2, 0) is 46.4 Å². The molecule has 3 aliphatic heterocycles. The van der Waals surface area contributed by atoms with E-state index in [1.807, 2.05) is 92.0 Å². The van der Waals surface area contributed by atoms with Crippen molar-refractivity contribution in [3.63, 3.8) is 0 Å². The molecule has 3 aliphatic rings. The van der Waals surface area contributed by atoms with Crippen LogP contribution in [-0.4, -0.2) is 169 Å². The standard InChI is InChI=1S/C40H44F3N5O5.C26H34F3N5O5/c1-39(2,3)53-38(49)48-22-21-47(34(25-48)40(41,42)43)20-11-23-50-30-16-17-31-33(24-30)46(4)45-36(31)32-18-19-35(51-26-28-12-7-5-8-13-28)44-37(32)52-27-29-14-9-6-10-15-29;1-25(2,3)39-24(37)34-12-11-33(20(15-34)26(27,28)29)10-5-13-38-16-6-7-17-19(14-16)32(4)31-22(17)18-8-9-21(35)30-23(18)36/h5-10,12-19,24,34H,11,20-23,25-27H2,1-4H3;6-7,14,18,20H,5,8-13,15H2,1-4H3,(H,30,35,36). The Bertz CT molecular complexity index is 3680. The van der Waals surface area contributed by atoms with Crippen LogP contribution in [0.15, 0.2) is 109 Å². The summed E-state index contributed by atoms with van der Waals surface area (Å²) < 4.78 is 122. The number of hydrogen-bond acceptors (Lipinski definition) is 15. The van der Waals surface area contributed by atoms with Gasteiger partial charge < -0.3 is 38.2 Å². The number of rotatable bonds is 18. The molecule has 4 aromatic carbocycles. The van der Waals surface area contributed by atoms with Crippen molar-refractivity contribution in [2.75, 3.05) is 65.6 Å². The van der Waals surface area contributed by atoms with E-state index in [4.69, 9.17) is 38.5 Å². The molecule has 0 radical (unpaired) electrons.